The molecule has 0 saturated carbocycles. The Morgan fingerprint density at radius 2 is 1.90 bits per heavy atom. The third-order valence-corrected chi connectivity index (χ3v) is 4.17. The molecule has 1 fully saturated rings. The van der Waals surface area contributed by atoms with E-state index >= 15 is 0 Å². The van der Waals surface area contributed by atoms with Crippen molar-refractivity contribution in [2.75, 3.05) is 18.0 Å². The summed E-state index contributed by atoms with van der Waals surface area (Å²) < 4.78 is 1.88. The van der Waals surface area contributed by atoms with Crippen LogP contribution >= 0.6 is 0 Å². The van der Waals surface area contributed by atoms with E-state index in [0.29, 0.717) is 6.04 Å². The van der Waals surface area contributed by atoms with Gasteiger partial charge in [0, 0.05) is 37.6 Å². The van der Waals surface area contributed by atoms with Crippen molar-refractivity contribution in [1.82, 2.24) is 15.0 Å². The number of aryl methyl sites for hydroxylation is 2. The van der Waals surface area contributed by atoms with Gasteiger partial charge in [-0.2, -0.15) is 0 Å². The van der Waals surface area contributed by atoms with Gasteiger partial charge in [-0.15, -0.1) is 5.10 Å². The van der Waals surface area contributed by atoms with Crippen molar-refractivity contribution in [1.29, 1.82) is 0 Å². The van der Waals surface area contributed by atoms with Gasteiger partial charge in [0.2, 0.25) is 0 Å². The number of hydrogen-bond acceptors (Lipinski definition) is 4. The van der Waals surface area contributed by atoms with E-state index < -0.39 is 0 Å². The lowest BCUT2D eigenvalue weighted by atomic mass is 10.0. The Labute approximate surface area is 125 Å². The molecule has 1 saturated heterocycles. The Morgan fingerprint density at radius 3 is 2.57 bits per heavy atom. The number of aromatic nitrogens is 3. The highest BCUT2D eigenvalue weighted by atomic mass is 15.4. The number of anilines is 1. The molecule has 112 valence electrons. The molecule has 0 atom stereocenters. The number of nitrogens with two attached hydrogens (primary N) is 1. The molecular formula is C16H23N5. The average molecular weight is 285 g/mol. The number of benzene rings is 1. The van der Waals surface area contributed by atoms with Crippen molar-refractivity contribution in [3.05, 3.63) is 42.2 Å². The third-order valence-electron chi connectivity index (χ3n) is 4.17. The van der Waals surface area contributed by atoms with Crippen LogP contribution in [0.3, 0.4) is 0 Å². The van der Waals surface area contributed by atoms with E-state index in [2.05, 4.69) is 39.5 Å². The third kappa shape index (κ3) is 3.82. The molecule has 0 radical (unpaired) electrons. The number of hydrogen-bond donors (Lipinski definition) is 1. The van der Waals surface area contributed by atoms with Crippen molar-refractivity contribution >= 4 is 5.69 Å². The van der Waals surface area contributed by atoms with Gasteiger partial charge < -0.3 is 10.6 Å². The fraction of sp³-hybridized carbons (Fsp3) is 0.500. The monoisotopic (exact) mass is 285 g/mol. The molecule has 21 heavy (non-hydrogen) atoms. The van der Waals surface area contributed by atoms with E-state index in [1.165, 1.54) is 11.3 Å². The van der Waals surface area contributed by atoms with Gasteiger partial charge in [0.25, 0.3) is 0 Å². The molecule has 2 aromatic rings. The largest absolute Gasteiger partial charge is 0.371 e. The molecule has 2 heterocycles. The molecule has 2 N–H and O–H groups in total. The van der Waals surface area contributed by atoms with Crippen LogP contribution in [0.25, 0.3) is 0 Å². The highest BCUT2D eigenvalue weighted by Gasteiger charge is 2.15. The maximum absolute atomic E-state index is 5.96. The van der Waals surface area contributed by atoms with E-state index in [1.54, 1.807) is 6.20 Å². The number of piperidine rings is 1. The van der Waals surface area contributed by atoms with Crippen LogP contribution in [0.5, 0.6) is 0 Å². The molecule has 0 unspecified atom stereocenters. The number of rotatable bonds is 5. The Bertz CT molecular complexity index is 526. The molecule has 1 aliphatic rings. The van der Waals surface area contributed by atoms with E-state index in [-0.39, 0.29) is 0 Å². The first-order valence-corrected chi connectivity index (χ1v) is 7.75. The number of nitrogens with zero attached hydrogens (tertiary/aromatic N) is 4. The lowest BCUT2D eigenvalue weighted by Gasteiger charge is -2.32. The quantitative estimate of drug-likeness (QED) is 0.910. The zero-order valence-corrected chi connectivity index (χ0v) is 12.4. The van der Waals surface area contributed by atoms with Crippen molar-refractivity contribution < 1.29 is 0 Å². The Morgan fingerprint density at radius 1 is 1.14 bits per heavy atom. The highest BCUT2D eigenvalue weighted by Crippen LogP contribution is 2.20. The predicted octanol–water partition coefficient (Wildman–Crippen LogP) is 1.84. The smallest absolute Gasteiger partial charge is 0.0692 e. The summed E-state index contributed by atoms with van der Waals surface area (Å²) in [6.07, 6.45) is 7.98. The summed E-state index contributed by atoms with van der Waals surface area (Å²) in [7, 11) is 0. The summed E-state index contributed by atoms with van der Waals surface area (Å²) in [5, 5.41) is 7.79. The van der Waals surface area contributed by atoms with Crippen LogP contribution < -0.4 is 10.6 Å². The standard InChI is InChI=1S/C16H23N5/c17-15-7-11-20(12-8-15)16-5-3-14(4-6-16)2-1-10-21-13-9-18-19-21/h3-6,9,13,15H,1-2,7-8,10-12,17H2. The topological polar surface area (TPSA) is 60.0 Å². The fourth-order valence-electron chi connectivity index (χ4n) is 2.83. The van der Waals surface area contributed by atoms with Gasteiger partial charge in [0.15, 0.2) is 0 Å². The lowest BCUT2D eigenvalue weighted by molar-refractivity contribution is 0.501. The molecule has 0 aliphatic carbocycles. The van der Waals surface area contributed by atoms with Crippen LogP contribution in [-0.2, 0) is 13.0 Å². The maximum Gasteiger partial charge on any atom is 0.0692 e. The minimum Gasteiger partial charge on any atom is -0.371 e. The minimum absolute atomic E-state index is 0.386. The zero-order valence-electron chi connectivity index (χ0n) is 12.4. The van der Waals surface area contributed by atoms with Crippen molar-refractivity contribution in [3.63, 3.8) is 0 Å². The molecule has 1 aromatic heterocycles. The van der Waals surface area contributed by atoms with Gasteiger partial charge in [-0.05, 0) is 43.4 Å². The molecular weight excluding hydrogens is 262 g/mol. The second kappa shape index (κ2) is 6.72. The lowest BCUT2D eigenvalue weighted by Crippen LogP contribution is -2.39. The molecule has 5 nitrogen and oxygen atoms in total. The summed E-state index contributed by atoms with van der Waals surface area (Å²) >= 11 is 0. The molecule has 0 spiro atoms. The highest BCUT2D eigenvalue weighted by molar-refractivity contribution is 5.48. The minimum atomic E-state index is 0.386. The van der Waals surface area contributed by atoms with Crippen LogP contribution in [0.4, 0.5) is 5.69 Å². The van der Waals surface area contributed by atoms with Crippen LogP contribution in [0.1, 0.15) is 24.8 Å². The van der Waals surface area contributed by atoms with Gasteiger partial charge >= 0.3 is 0 Å². The van der Waals surface area contributed by atoms with Gasteiger partial charge in [-0.25, -0.2) is 0 Å². The average Bonchev–Trinajstić information content (AvgIpc) is 3.02. The Kier molecular flexibility index (Phi) is 4.50. The molecule has 0 bridgehead atoms. The van der Waals surface area contributed by atoms with E-state index in [4.69, 9.17) is 5.73 Å². The van der Waals surface area contributed by atoms with Crippen molar-refractivity contribution in [2.24, 2.45) is 5.73 Å². The normalized spacial score (nSPS) is 16.3. The van der Waals surface area contributed by atoms with Gasteiger partial charge in [0.1, 0.15) is 0 Å². The van der Waals surface area contributed by atoms with Crippen LogP contribution in [0.2, 0.25) is 0 Å². The van der Waals surface area contributed by atoms with E-state index in [9.17, 15) is 0 Å². The van der Waals surface area contributed by atoms with E-state index in [0.717, 1.165) is 45.3 Å². The Balaban J connectivity index is 1.49. The first-order chi connectivity index (χ1) is 10.3. The molecule has 1 aromatic carbocycles. The van der Waals surface area contributed by atoms with E-state index in [1.807, 2.05) is 10.9 Å². The molecule has 5 heteroatoms. The molecule has 1 aliphatic heterocycles. The molecule has 0 amide bonds. The summed E-state index contributed by atoms with van der Waals surface area (Å²) in [5.41, 5.74) is 8.66. The fourth-order valence-corrected chi connectivity index (χ4v) is 2.83. The Hall–Kier alpha value is -1.88. The second-order valence-corrected chi connectivity index (χ2v) is 5.76. The zero-order chi connectivity index (χ0) is 14.5. The first kappa shape index (κ1) is 14.1. The van der Waals surface area contributed by atoms with Crippen LogP contribution in [0.15, 0.2) is 36.7 Å². The van der Waals surface area contributed by atoms with Gasteiger partial charge in [-0.3, -0.25) is 4.68 Å². The first-order valence-electron chi connectivity index (χ1n) is 7.75. The van der Waals surface area contributed by atoms with Gasteiger partial charge in [-0.1, -0.05) is 17.3 Å². The summed E-state index contributed by atoms with van der Waals surface area (Å²) in [6, 6.07) is 9.34. The van der Waals surface area contributed by atoms with Crippen LogP contribution in [0, 0.1) is 0 Å². The van der Waals surface area contributed by atoms with Crippen LogP contribution in [-0.4, -0.2) is 34.1 Å². The summed E-state index contributed by atoms with van der Waals surface area (Å²) in [5.74, 6) is 0. The van der Waals surface area contributed by atoms with Gasteiger partial charge in [0.05, 0.1) is 6.20 Å². The van der Waals surface area contributed by atoms with Crippen molar-refractivity contribution in [3.8, 4) is 0 Å². The van der Waals surface area contributed by atoms with Crippen molar-refractivity contribution in [2.45, 2.75) is 38.3 Å². The molecule has 3 rings (SSSR count). The maximum atomic E-state index is 5.96. The summed E-state index contributed by atoms with van der Waals surface area (Å²) in [6.45, 7) is 3.07. The SMILES string of the molecule is NC1CCN(c2ccc(CCCn3ccnn3)cc2)CC1. The predicted molar refractivity (Wildman–Crippen MR) is 84.2 cm³/mol. The second-order valence-electron chi connectivity index (χ2n) is 5.76. The summed E-state index contributed by atoms with van der Waals surface area (Å²) in [4.78, 5) is 2.43.